The molecule has 3 nitrogen and oxygen atoms in total. The molecule has 0 amide bonds. The van der Waals surface area contributed by atoms with Crippen LogP contribution in [0.4, 0.5) is 12.9 Å². The minimum absolute atomic E-state index is 0. The van der Waals surface area contributed by atoms with E-state index >= 15 is 0 Å². The van der Waals surface area contributed by atoms with E-state index in [1.807, 2.05) is 0 Å². The van der Waals surface area contributed by atoms with Gasteiger partial charge in [-0.15, -0.1) is 0 Å². The third-order valence-electron chi connectivity index (χ3n) is 1.15. The number of aromatic nitrogens is 2. The Labute approximate surface area is 115 Å². The second kappa shape index (κ2) is 5.07. The number of nitrogens with zero attached hydrogens (tertiary/aromatic N) is 3. The molecule has 0 saturated heterocycles. The first-order valence-electron chi connectivity index (χ1n) is 2.96. The molecule has 1 heterocycles. The van der Waals surface area contributed by atoms with Crippen molar-refractivity contribution in [2.75, 3.05) is 0 Å². The largest absolute Gasteiger partial charge is 1.00 e. The van der Waals surface area contributed by atoms with Crippen LogP contribution >= 0.6 is 0 Å². The average molecular weight is 211 g/mol. The smallest absolute Gasteiger partial charge is 0.445 e. The van der Waals surface area contributed by atoms with Gasteiger partial charge in [0.1, 0.15) is 6.07 Å². The van der Waals surface area contributed by atoms with Crippen LogP contribution in [0.3, 0.4) is 0 Å². The van der Waals surface area contributed by atoms with Gasteiger partial charge in [0.2, 0.25) is 5.82 Å². The molecule has 1 aromatic heterocycles. The second-order valence-electron chi connectivity index (χ2n) is 2.03. The summed E-state index contributed by atoms with van der Waals surface area (Å²) in [5.41, 5.74) is -0.894. The van der Waals surface area contributed by atoms with Crippen molar-refractivity contribution in [2.24, 2.45) is 0 Å². The summed E-state index contributed by atoms with van der Waals surface area (Å²) in [4.78, 5) is 6.37. The van der Waals surface area contributed by atoms with Crippen molar-refractivity contribution < 1.29 is 64.3 Å². The number of halogens is 3. The van der Waals surface area contributed by atoms with E-state index in [4.69, 9.17) is 5.26 Å². The van der Waals surface area contributed by atoms with E-state index in [1.54, 1.807) is 0 Å². The van der Waals surface area contributed by atoms with Gasteiger partial charge in [-0.1, -0.05) is 5.46 Å². The second-order valence-corrected chi connectivity index (χ2v) is 2.03. The third kappa shape index (κ3) is 3.74. The molecule has 0 atom stereocenters. The van der Waals surface area contributed by atoms with Crippen molar-refractivity contribution in [1.82, 2.24) is 9.97 Å². The molecule has 0 radical (unpaired) electrons. The first kappa shape index (κ1) is 13.1. The van der Waals surface area contributed by atoms with Crippen LogP contribution in [0.5, 0.6) is 0 Å². The van der Waals surface area contributed by atoms with Crippen LogP contribution in [0.1, 0.15) is 5.82 Å². The van der Waals surface area contributed by atoms with Crippen LogP contribution in [-0.2, 0) is 0 Å². The molecular weight excluding hydrogens is 209 g/mol. The molecule has 0 spiro atoms. The zero-order chi connectivity index (χ0) is 9.19. The van der Waals surface area contributed by atoms with Crippen molar-refractivity contribution in [2.45, 2.75) is 0 Å². The van der Waals surface area contributed by atoms with Crippen molar-refractivity contribution in [3.63, 3.8) is 0 Å². The summed E-state index contributed by atoms with van der Waals surface area (Å²) in [6, 6.07) is 1.52. The van der Waals surface area contributed by atoms with Gasteiger partial charge in [-0.25, -0.2) is 9.97 Å². The van der Waals surface area contributed by atoms with E-state index in [0.29, 0.717) is 12.4 Å². The van der Waals surface area contributed by atoms with E-state index in [2.05, 4.69) is 9.97 Å². The molecule has 0 saturated carbocycles. The molecule has 13 heavy (non-hydrogen) atoms. The number of nitriles is 1. The van der Waals surface area contributed by atoms with E-state index < -0.39 is 12.4 Å². The van der Waals surface area contributed by atoms with Gasteiger partial charge in [-0.2, -0.15) is 5.26 Å². The molecule has 0 aliphatic carbocycles. The first-order chi connectivity index (χ1) is 5.54. The minimum atomic E-state index is -5.06. The Hall–Kier alpha value is 0.0613. The van der Waals surface area contributed by atoms with Crippen molar-refractivity contribution >= 4 is 12.4 Å². The zero-order valence-corrected chi connectivity index (χ0v) is 9.83. The normalized spacial score (nSPS) is 10.0. The summed E-state index contributed by atoms with van der Waals surface area (Å²) in [5, 5.41) is 8.18. The molecule has 0 N–H and O–H groups in total. The average Bonchev–Trinajstić information content (AvgIpc) is 2.03. The van der Waals surface area contributed by atoms with Crippen molar-refractivity contribution in [3.8, 4) is 6.07 Å². The maximum Gasteiger partial charge on any atom is 1.00 e. The molecular formula is C5H2BF3KN3. The van der Waals surface area contributed by atoms with Gasteiger partial charge in [-0.05, 0) is 0 Å². The maximum atomic E-state index is 11.9. The van der Waals surface area contributed by atoms with Gasteiger partial charge in [-0.3, -0.25) is 0 Å². The molecule has 1 aromatic rings. The SMILES string of the molecule is N#Cc1ncc([B-](F)(F)F)cn1.[K+]. The molecule has 0 fully saturated rings. The number of hydrogen-bond donors (Lipinski definition) is 0. The van der Waals surface area contributed by atoms with Crippen LogP contribution in [0, 0.1) is 11.3 Å². The van der Waals surface area contributed by atoms with Gasteiger partial charge in [0.15, 0.2) is 0 Å². The predicted octanol–water partition coefficient (Wildman–Crippen LogP) is -2.59. The fourth-order valence-electron chi connectivity index (χ4n) is 0.565. The predicted molar refractivity (Wildman–Crippen MR) is 35.5 cm³/mol. The Balaban J connectivity index is 0.00000144. The maximum absolute atomic E-state index is 11.9. The minimum Gasteiger partial charge on any atom is -0.445 e. The molecule has 0 aliphatic heterocycles. The van der Waals surface area contributed by atoms with Gasteiger partial charge in [0.05, 0.1) is 0 Å². The summed E-state index contributed by atoms with van der Waals surface area (Å²) < 4.78 is 35.8. The summed E-state index contributed by atoms with van der Waals surface area (Å²) in [5.74, 6) is -0.265. The fraction of sp³-hybridized carbons (Fsp3) is 0. The standard InChI is InChI=1S/C5H2BF3N3.K/c7-6(8,9)4-2-11-5(1-10)12-3-4;/h2-3H;/q-1;+1. The van der Waals surface area contributed by atoms with Crippen LogP contribution in [0.2, 0.25) is 0 Å². The Morgan fingerprint density at radius 2 is 1.69 bits per heavy atom. The van der Waals surface area contributed by atoms with Gasteiger partial charge >= 0.3 is 58.4 Å². The molecule has 0 unspecified atom stereocenters. The van der Waals surface area contributed by atoms with E-state index in [-0.39, 0.29) is 57.2 Å². The summed E-state index contributed by atoms with van der Waals surface area (Å²) in [6.07, 6.45) is 1.21. The molecule has 0 bridgehead atoms. The van der Waals surface area contributed by atoms with Crippen molar-refractivity contribution in [1.29, 1.82) is 5.26 Å². The van der Waals surface area contributed by atoms with Crippen LogP contribution in [-0.4, -0.2) is 16.9 Å². The molecule has 8 heteroatoms. The number of hydrogen-bond acceptors (Lipinski definition) is 3. The first-order valence-corrected chi connectivity index (χ1v) is 2.96. The van der Waals surface area contributed by atoms with Crippen LogP contribution < -0.4 is 56.8 Å². The van der Waals surface area contributed by atoms with E-state index in [9.17, 15) is 12.9 Å². The van der Waals surface area contributed by atoms with Gasteiger partial charge in [0, 0.05) is 12.4 Å². The van der Waals surface area contributed by atoms with Crippen LogP contribution in [0.25, 0.3) is 0 Å². The Bertz CT molecular complexity index is 317. The molecule has 1 rings (SSSR count). The monoisotopic (exact) mass is 211 g/mol. The topological polar surface area (TPSA) is 49.6 Å². The van der Waals surface area contributed by atoms with Gasteiger partial charge in [0.25, 0.3) is 0 Å². The summed E-state index contributed by atoms with van der Waals surface area (Å²) >= 11 is 0. The fourth-order valence-corrected chi connectivity index (χ4v) is 0.565. The van der Waals surface area contributed by atoms with Crippen LogP contribution in [0.15, 0.2) is 12.4 Å². The molecule has 62 valence electrons. The Kier molecular flexibility index (Phi) is 5.09. The third-order valence-corrected chi connectivity index (χ3v) is 1.15. The van der Waals surface area contributed by atoms with E-state index in [1.165, 1.54) is 6.07 Å². The quantitative estimate of drug-likeness (QED) is 0.479. The van der Waals surface area contributed by atoms with E-state index in [0.717, 1.165) is 0 Å². The molecule has 0 aliphatic rings. The molecule has 0 aromatic carbocycles. The summed E-state index contributed by atoms with van der Waals surface area (Å²) in [7, 11) is 0. The number of rotatable bonds is 1. The zero-order valence-electron chi connectivity index (χ0n) is 6.71. The van der Waals surface area contributed by atoms with Gasteiger partial charge < -0.3 is 12.9 Å². The van der Waals surface area contributed by atoms with Crippen molar-refractivity contribution in [3.05, 3.63) is 18.2 Å². The Morgan fingerprint density at radius 1 is 1.23 bits per heavy atom. The Morgan fingerprint density at radius 3 is 2.00 bits per heavy atom. The summed E-state index contributed by atoms with van der Waals surface area (Å²) in [6.45, 7) is -5.06.